The Balaban J connectivity index is 1.50. The molecular weight excluding hydrogens is 522 g/mol. The summed E-state index contributed by atoms with van der Waals surface area (Å²) in [5.41, 5.74) is 0.432. The summed E-state index contributed by atoms with van der Waals surface area (Å²) < 4.78 is 43.9. The average Bonchev–Trinajstić information content (AvgIpc) is 3.45. The Morgan fingerprint density at radius 1 is 1.03 bits per heavy atom. The monoisotopic (exact) mass is 541 g/mol. The molecule has 6 rings (SSSR count). The van der Waals surface area contributed by atoms with Gasteiger partial charge in [-0.15, -0.1) is 0 Å². The molecule has 0 radical (unpaired) electrons. The smallest absolute Gasteiger partial charge is 0.296 e. The number of carbonyl (C=O) groups is 1. The van der Waals surface area contributed by atoms with Crippen LogP contribution in [0.25, 0.3) is 11.0 Å². The topological polar surface area (TPSA) is 123 Å². The number of hydrogen-bond acceptors (Lipinski definition) is 8. The Morgan fingerprint density at radius 3 is 2.43 bits per heavy atom. The van der Waals surface area contributed by atoms with Gasteiger partial charge in [-0.2, -0.15) is 4.31 Å². The first-order valence-electron chi connectivity index (χ1n) is 11.5. The van der Waals surface area contributed by atoms with Crippen LogP contribution in [0.1, 0.15) is 33.5 Å². The van der Waals surface area contributed by atoms with Crippen molar-refractivity contribution in [1.29, 1.82) is 0 Å². The second-order valence-electron chi connectivity index (χ2n) is 8.77. The van der Waals surface area contributed by atoms with Gasteiger partial charge < -0.3 is 13.7 Å². The lowest BCUT2D eigenvalue weighted by atomic mass is 9.98. The van der Waals surface area contributed by atoms with Gasteiger partial charge in [-0.25, -0.2) is 8.42 Å². The lowest BCUT2D eigenvalue weighted by molar-refractivity contribution is 0.0730. The first-order valence-corrected chi connectivity index (χ1v) is 13.3. The molecule has 10 nitrogen and oxygen atoms in total. The van der Waals surface area contributed by atoms with Gasteiger partial charge >= 0.3 is 0 Å². The molecule has 0 spiro atoms. The van der Waals surface area contributed by atoms with Crippen LogP contribution in [0.2, 0.25) is 5.02 Å². The molecule has 0 N–H and O–H groups in total. The fourth-order valence-corrected chi connectivity index (χ4v) is 6.30. The summed E-state index contributed by atoms with van der Waals surface area (Å²) in [4.78, 5) is 28.6. The summed E-state index contributed by atoms with van der Waals surface area (Å²) in [5.74, 6) is -0.00570. The number of aromatic nitrogens is 1. The van der Waals surface area contributed by atoms with Crippen LogP contribution in [-0.4, -0.2) is 50.1 Å². The Morgan fingerprint density at radius 2 is 1.76 bits per heavy atom. The van der Waals surface area contributed by atoms with Gasteiger partial charge in [0, 0.05) is 24.2 Å². The van der Waals surface area contributed by atoms with Crippen LogP contribution in [0, 0.1) is 6.92 Å². The number of aryl methyl sites for hydroxylation is 1. The van der Waals surface area contributed by atoms with Crippen molar-refractivity contribution in [3.8, 4) is 0 Å². The number of fused-ring (bicyclic) bond motifs is 2. The Hall–Kier alpha value is -3.51. The molecule has 12 heteroatoms. The third-order valence-electron chi connectivity index (χ3n) is 6.50. The molecule has 1 unspecified atom stereocenters. The summed E-state index contributed by atoms with van der Waals surface area (Å²) in [5, 5.41) is 4.57. The van der Waals surface area contributed by atoms with E-state index < -0.39 is 27.4 Å². The van der Waals surface area contributed by atoms with E-state index in [1.165, 1.54) is 33.5 Å². The molecule has 2 aromatic carbocycles. The van der Waals surface area contributed by atoms with Gasteiger partial charge in [-0.05, 0) is 42.8 Å². The summed E-state index contributed by atoms with van der Waals surface area (Å²) in [6.45, 7) is 2.88. The minimum Gasteiger partial charge on any atom is -0.450 e. The van der Waals surface area contributed by atoms with Crippen molar-refractivity contribution in [3.63, 3.8) is 0 Å². The summed E-state index contributed by atoms with van der Waals surface area (Å²) in [6.07, 6.45) is 0. The maximum Gasteiger partial charge on any atom is 0.296 e. The number of benzene rings is 2. The second-order valence-corrected chi connectivity index (χ2v) is 11.1. The van der Waals surface area contributed by atoms with Gasteiger partial charge in [-0.3, -0.25) is 14.5 Å². The summed E-state index contributed by atoms with van der Waals surface area (Å²) in [6, 6.07) is 11.4. The molecule has 37 heavy (non-hydrogen) atoms. The van der Waals surface area contributed by atoms with Crippen LogP contribution >= 0.6 is 11.6 Å². The zero-order valence-corrected chi connectivity index (χ0v) is 21.1. The number of halogens is 1. The fraction of sp³-hybridized carbons (Fsp3) is 0.240. The van der Waals surface area contributed by atoms with E-state index in [2.05, 4.69) is 5.16 Å². The van der Waals surface area contributed by atoms with E-state index in [0.717, 1.165) is 0 Å². The number of ether oxygens (including phenoxy) is 1. The van der Waals surface area contributed by atoms with Crippen LogP contribution in [0.5, 0.6) is 0 Å². The normalized spacial score (nSPS) is 18.5. The highest BCUT2D eigenvalue weighted by Crippen LogP contribution is 2.41. The molecule has 1 saturated heterocycles. The molecule has 190 valence electrons. The van der Waals surface area contributed by atoms with E-state index in [4.69, 9.17) is 25.3 Å². The third-order valence-corrected chi connectivity index (χ3v) is 8.65. The lowest BCUT2D eigenvalue weighted by Crippen LogP contribution is -2.40. The zero-order valence-electron chi connectivity index (χ0n) is 19.5. The number of anilines is 1. The van der Waals surface area contributed by atoms with Gasteiger partial charge in [0.2, 0.25) is 15.8 Å². The Labute approximate surface area is 216 Å². The number of sulfonamides is 1. The Kier molecular flexibility index (Phi) is 5.68. The van der Waals surface area contributed by atoms with Crippen molar-refractivity contribution in [2.24, 2.45) is 0 Å². The minimum atomic E-state index is -3.73. The van der Waals surface area contributed by atoms with Crippen LogP contribution in [0.15, 0.2) is 67.2 Å². The molecule has 1 atom stereocenters. The van der Waals surface area contributed by atoms with Gasteiger partial charge in [-0.1, -0.05) is 28.9 Å². The van der Waals surface area contributed by atoms with Crippen LogP contribution in [-0.2, 0) is 14.8 Å². The molecule has 0 bridgehead atoms. The van der Waals surface area contributed by atoms with E-state index in [-0.39, 0.29) is 46.1 Å². The molecule has 0 aliphatic carbocycles. The molecule has 2 aliphatic rings. The Bertz CT molecular complexity index is 1710. The van der Waals surface area contributed by atoms with Crippen molar-refractivity contribution >= 4 is 44.3 Å². The van der Waals surface area contributed by atoms with E-state index in [1.807, 2.05) is 0 Å². The van der Waals surface area contributed by atoms with E-state index in [9.17, 15) is 18.0 Å². The zero-order chi connectivity index (χ0) is 25.9. The van der Waals surface area contributed by atoms with Gasteiger partial charge in [0.25, 0.3) is 5.91 Å². The largest absolute Gasteiger partial charge is 0.450 e. The second kappa shape index (κ2) is 8.80. The number of carbonyl (C=O) groups excluding carboxylic acids is 1. The number of nitrogens with zero attached hydrogens (tertiary/aromatic N) is 3. The predicted molar refractivity (Wildman–Crippen MR) is 133 cm³/mol. The number of morpholine rings is 1. The highest BCUT2D eigenvalue weighted by Gasteiger charge is 2.45. The van der Waals surface area contributed by atoms with Crippen molar-refractivity contribution in [3.05, 3.63) is 86.4 Å². The van der Waals surface area contributed by atoms with Crippen LogP contribution in [0.3, 0.4) is 0 Å². The molecule has 4 aromatic rings. The van der Waals surface area contributed by atoms with Crippen molar-refractivity contribution in [1.82, 2.24) is 9.46 Å². The average molecular weight is 542 g/mol. The number of hydrogen-bond donors (Lipinski definition) is 0. The highest BCUT2D eigenvalue weighted by molar-refractivity contribution is 7.89. The van der Waals surface area contributed by atoms with Crippen molar-refractivity contribution in [2.45, 2.75) is 17.9 Å². The molecule has 2 aromatic heterocycles. The maximum atomic E-state index is 13.7. The van der Waals surface area contributed by atoms with E-state index in [1.54, 1.807) is 31.2 Å². The molecule has 2 aliphatic heterocycles. The fourth-order valence-electron chi connectivity index (χ4n) is 4.72. The maximum absolute atomic E-state index is 13.7. The predicted octanol–water partition coefficient (Wildman–Crippen LogP) is 3.51. The highest BCUT2D eigenvalue weighted by atomic mass is 35.5. The molecule has 0 saturated carbocycles. The van der Waals surface area contributed by atoms with Crippen LogP contribution in [0.4, 0.5) is 5.82 Å². The lowest BCUT2D eigenvalue weighted by Gasteiger charge is -2.26. The van der Waals surface area contributed by atoms with E-state index in [0.29, 0.717) is 29.6 Å². The summed E-state index contributed by atoms with van der Waals surface area (Å²) >= 11 is 6.13. The minimum absolute atomic E-state index is 0.101. The first-order chi connectivity index (χ1) is 17.8. The SMILES string of the molecule is Cc1cc(N2C(=O)c3oc4ccc(Cl)cc4c(=O)c3C2c2ccc(S(=O)(=O)N3CCOCC3)cc2)no1. The molecule has 1 amide bonds. The standard InChI is InChI=1S/C25H20ClN3O7S/c1-14-12-20(27-36-14)29-22(15-2-5-17(6-3-15)37(32,33)28-8-10-34-11-9-28)21-23(30)18-13-16(26)4-7-19(18)35-24(21)25(29)31/h2-7,12-13,22H,8-11H2,1H3. The van der Waals surface area contributed by atoms with E-state index >= 15 is 0 Å². The summed E-state index contributed by atoms with van der Waals surface area (Å²) in [7, 11) is -3.73. The van der Waals surface area contributed by atoms with Crippen molar-refractivity contribution in [2.75, 3.05) is 31.2 Å². The molecular formula is C25H20ClN3O7S. The number of rotatable bonds is 4. The third kappa shape index (κ3) is 3.86. The quantitative estimate of drug-likeness (QED) is 0.384. The van der Waals surface area contributed by atoms with Crippen LogP contribution < -0.4 is 10.3 Å². The molecule has 4 heterocycles. The van der Waals surface area contributed by atoms with Gasteiger partial charge in [0.05, 0.1) is 35.1 Å². The first kappa shape index (κ1) is 23.9. The number of amides is 1. The van der Waals surface area contributed by atoms with Gasteiger partial charge in [0.15, 0.2) is 11.2 Å². The molecule has 1 fully saturated rings. The van der Waals surface area contributed by atoms with Gasteiger partial charge in [0.1, 0.15) is 11.3 Å². The van der Waals surface area contributed by atoms with Crippen molar-refractivity contribution < 1.29 is 26.9 Å².